The van der Waals surface area contributed by atoms with Crippen LogP contribution in [0.4, 0.5) is 0 Å². The van der Waals surface area contributed by atoms with Crippen LogP contribution >= 0.6 is 0 Å². The molecule has 0 aromatic heterocycles. The Labute approximate surface area is 64.0 Å². The zero-order valence-electron chi connectivity index (χ0n) is 5.90. The topological polar surface area (TPSA) is 62.0 Å². The molecule has 1 rings (SSSR count). The van der Waals surface area contributed by atoms with Crippen molar-refractivity contribution >= 4 is 18.4 Å². The molecular weight excluding hydrogens is 144 g/mol. The highest BCUT2D eigenvalue weighted by Gasteiger charge is 2.36. The Kier molecular flexibility index (Phi) is 1.85. The molecule has 0 atom stereocenters. The maximum absolute atomic E-state index is 10.6. The van der Waals surface area contributed by atoms with Crippen LogP contribution in [-0.2, 0) is 4.79 Å². The van der Waals surface area contributed by atoms with Crippen molar-refractivity contribution in [3.05, 3.63) is 12.7 Å². The largest absolute Gasteiger partial charge is 0.478 e. The SMILES string of the molecule is C=CCC1(C(=O)O)N=CC=N1. The molecule has 1 aliphatic rings. The van der Waals surface area contributed by atoms with Crippen LogP contribution in [0.5, 0.6) is 0 Å². The van der Waals surface area contributed by atoms with E-state index in [-0.39, 0.29) is 6.42 Å². The molecule has 0 spiro atoms. The summed E-state index contributed by atoms with van der Waals surface area (Å²) in [5.74, 6) is -1.04. The highest BCUT2D eigenvalue weighted by Crippen LogP contribution is 2.20. The number of carboxylic acids is 1. The number of hydrogen-bond acceptors (Lipinski definition) is 3. The van der Waals surface area contributed by atoms with Gasteiger partial charge < -0.3 is 5.11 Å². The summed E-state index contributed by atoms with van der Waals surface area (Å²) in [6, 6.07) is 0. The molecule has 0 bridgehead atoms. The summed E-state index contributed by atoms with van der Waals surface area (Å²) in [6.45, 7) is 3.44. The summed E-state index contributed by atoms with van der Waals surface area (Å²) >= 11 is 0. The summed E-state index contributed by atoms with van der Waals surface area (Å²) in [5.41, 5.74) is -1.32. The summed E-state index contributed by atoms with van der Waals surface area (Å²) in [6.07, 6.45) is 4.50. The van der Waals surface area contributed by atoms with Crippen molar-refractivity contribution in [2.24, 2.45) is 9.98 Å². The Morgan fingerprint density at radius 3 is 2.55 bits per heavy atom. The first kappa shape index (κ1) is 7.65. The Morgan fingerprint density at radius 1 is 1.64 bits per heavy atom. The van der Waals surface area contributed by atoms with Crippen molar-refractivity contribution in [2.45, 2.75) is 12.1 Å². The highest BCUT2D eigenvalue weighted by atomic mass is 16.4. The fraction of sp³-hybridized carbons (Fsp3) is 0.286. The van der Waals surface area contributed by atoms with Crippen LogP contribution in [0.25, 0.3) is 0 Å². The lowest BCUT2D eigenvalue weighted by atomic mass is 10.1. The normalized spacial score (nSPS) is 18.5. The van der Waals surface area contributed by atoms with Gasteiger partial charge in [-0.05, 0) is 0 Å². The fourth-order valence-electron chi connectivity index (χ4n) is 0.851. The van der Waals surface area contributed by atoms with Gasteiger partial charge in [0.1, 0.15) is 0 Å². The van der Waals surface area contributed by atoms with Crippen molar-refractivity contribution < 1.29 is 9.90 Å². The maximum Gasteiger partial charge on any atom is 0.354 e. The summed E-state index contributed by atoms with van der Waals surface area (Å²) in [5, 5.41) is 8.72. The molecule has 0 fully saturated rings. The summed E-state index contributed by atoms with van der Waals surface area (Å²) < 4.78 is 0. The van der Waals surface area contributed by atoms with Gasteiger partial charge in [-0.3, -0.25) is 9.98 Å². The molecule has 0 radical (unpaired) electrons. The van der Waals surface area contributed by atoms with Gasteiger partial charge in [0, 0.05) is 18.9 Å². The molecule has 0 amide bonds. The summed E-state index contributed by atoms with van der Waals surface area (Å²) in [4.78, 5) is 18.1. The average molecular weight is 152 g/mol. The minimum Gasteiger partial charge on any atom is -0.478 e. The second kappa shape index (κ2) is 2.65. The molecular formula is C7H8N2O2. The molecule has 0 aromatic carbocycles. The molecule has 11 heavy (non-hydrogen) atoms. The first-order chi connectivity index (χ1) is 5.21. The second-order valence-corrected chi connectivity index (χ2v) is 2.17. The van der Waals surface area contributed by atoms with Gasteiger partial charge in [-0.15, -0.1) is 6.58 Å². The Hall–Kier alpha value is -1.45. The third-order valence-electron chi connectivity index (χ3n) is 1.41. The number of nitrogens with zero attached hydrogens (tertiary/aromatic N) is 2. The minimum atomic E-state index is -1.32. The molecule has 4 heteroatoms. The molecule has 1 heterocycles. The van der Waals surface area contributed by atoms with Crippen LogP contribution in [0, 0.1) is 0 Å². The van der Waals surface area contributed by atoms with Gasteiger partial charge in [-0.25, -0.2) is 4.79 Å². The molecule has 58 valence electrons. The van der Waals surface area contributed by atoms with Gasteiger partial charge in [-0.1, -0.05) is 6.08 Å². The van der Waals surface area contributed by atoms with Crippen LogP contribution in [0.1, 0.15) is 6.42 Å². The van der Waals surface area contributed by atoms with Gasteiger partial charge in [0.05, 0.1) is 0 Å². The zero-order chi connectivity index (χ0) is 8.32. The van der Waals surface area contributed by atoms with Crippen LogP contribution in [0.3, 0.4) is 0 Å². The maximum atomic E-state index is 10.6. The number of rotatable bonds is 3. The lowest BCUT2D eigenvalue weighted by molar-refractivity contribution is -0.142. The van der Waals surface area contributed by atoms with Gasteiger partial charge in [-0.2, -0.15) is 0 Å². The molecule has 0 saturated carbocycles. The van der Waals surface area contributed by atoms with E-state index in [2.05, 4.69) is 16.6 Å². The second-order valence-electron chi connectivity index (χ2n) is 2.17. The molecule has 4 nitrogen and oxygen atoms in total. The number of carbonyl (C=O) groups is 1. The van der Waals surface area contributed by atoms with E-state index in [9.17, 15) is 4.79 Å². The standard InChI is InChI=1S/C7H8N2O2/c1-2-3-7(6(10)11)8-4-5-9-7/h2,4-5H,1,3H2,(H,10,11). The van der Waals surface area contributed by atoms with Crippen molar-refractivity contribution in [1.29, 1.82) is 0 Å². The van der Waals surface area contributed by atoms with Crippen molar-refractivity contribution in [1.82, 2.24) is 0 Å². The number of aliphatic imine (C=N–C) groups is 2. The van der Waals surface area contributed by atoms with E-state index in [1.807, 2.05) is 0 Å². The number of hydrogen-bond donors (Lipinski definition) is 1. The summed E-state index contributed by atoms with van der Waals surface area (Å²) in [7, 11) is 0. The fourth-order valence-corrected chi connectivity index (χ4v) is 0.851. The van der Waals surface area contributed by atoms with Crippen LogP contribution < -0.4 is 0 Å². The Bertz CT molecular complexity index is 231. The monoisotopic (exact) mass is 152 g/mol. The number of aliphatic carboxylic acids is 1. The highest BCUT2D eigenvalue weighted by molar-refractivity contribution is 6.19. The van der Waals surface area contributed by atoms with Crippen molar-refractivity contribution in [3.63, 3.8) is 0 Å². The van der Waals surface area contributed by atoms with E-state index in [1.165, 1.54) is 18.5 Å². The first-order valence-electron chi connectivity index (χ1n) is 3.14. The third kappa shape index (κ3) is 1.19. The lowest BCUT2D eigenvalue weighted by Gasteiger charge is -2.14. The van der Waals surface area contributed by atoms with Gasteiger partial charge in [0.15, 0.2) is 0 Å². The van der Waals surface area contributed by atoms with E-state index in [4.69, 9.17) is 5.11 Å². The third-order valence-corrected chi connectivity index (χ3v) is 1.41. The lowest BCUT2D eigenvalue weighted by Crippen LogP contribution is -2.32. The molecule has 1 N–H and O–H groups in total. The smallest absolute Gasteiger partial charge is 0.354 e. The molecule has 1 aliphatic heterocycles. The molecule has 0 aliphatic carbocycles. The molecule has 0 unspecified atom stereocenters. The first-order valence-corrected chi connectivity index (χ1v) is 3.14. The molecule has 0 saturated heterocycles. The van der Waals surface area contributed by atoms with Crippen LogP contribution in [-0.4, -0.2) is 29.2 Å². The van der Waals surface area contributed by atoms with E-state index < -0.39 is 11.6 Å². The van der Waals surface area contributed by atoms with Gasteiger partial charge in [0.25, 0.3) is 5.66 Å². The van der Waals surface area contributed by atoms with Crippen LogP contribution in [0.15, 0.2) is 22.6 Å². The zero-order valence-corrected chi connectivity index (χ0v) is 5.90. The van der Waals surface area contributed by atoms with Crippen molar-refractivity contribution in [2.75, 3.05) is 0 Å². The predicted molar refractivity (Wildman–Crippen MR) is 42.2 cm³/mol. The predicted octanol–water partition coefficient (Wildman–Crippen LogP) is 0.499. The quantitative estimate of drug-likeness (QED) is 0.598. The number of carboxylic acid groups (broad SMARTS) is 1. The van der Waals surface area contributed by atoms with Crippen molar-refractivity contribution in [3.8, 4) is 0 Å². The average Bonchev–Trinajstić information content (AvgIpc) is 2.38. The van der Waals surface area contributed by atoms with E-state index >= 15 is 0 Å². The Morgan fingerprint density at radius 2 is 2.18 bits per heavy atom. The van der Waals surface area contributed by atoms with Gasteiger partial charge >= 0.3 is 5.97 Å². The molecule has 0 aromatic rings. The van der Waals surface area contributed by atoms with Crippen LogP contribution in [0.2, 0.25) is 0 Å². The van der Waals surface area contributed by atoms with E-state index in [0.29, 0.717) is 0 Å². The van der Waals surface area contributed by atoms with E-state index in [1.54, 1.807) is 0 Å². The van der Waals surface area contributed by atoms with Gasteiger partial charge in [0.2, 0.25) is 0 Å². The Balaban J connectivity index is 2.89. The minimum absolute atomic E-state index is 0.231. The van der Waals surface area contributed by atoms with E-state index in [0.717, 1.165) is 0 Å².